The molecular formula is C18H21Br2N. The molecule has 0 aliphatic carbocycles. The van der Waals surface area contributed by atoms with Crippen LogP contribution in [0.1, 0.15) is 36.9 Å². The maximum absolute atomic E-state index is 3.68. The molecule has 0 heterocycles. The van der Waals surface area contributed by atoms with Gasteiger partial charge in [-0.05, 0) is 49.1 Å². The number of hydrogen-bond acceptors (Lipinski definition) is 1. The summed E-state index contributed by atoms with van der Waals surface area (Å²) in [6, 6.07) is 17.5. The summed E-state index contributed by atoms with van der Waals surface area (Å²) in [5, 5.41) is 3.60. The second-order valence-corrected chi connectivity index (χ2v) is 6.92. The predicted molar refractivity (Wildman–Crippen MR) is 97.6 cm³/mol. The molecule has 2 rings (SSSR count). The molecule has 2 aromatic rings. The number of nitrogens with one attached hydrogen (secondary N) is 1. The molecule has 0 aliphatic rings. The summed E-state index contributed by atoms with van der Waals surface area (Å²) < 4.78 is 2.28. The van der Waals surface area contributed by atoms with Crippen molar-refractivity contribution in [3.05, 3.63) is 68.6 Å². The number of hydrogen-bond donors (Lipinski definition) is 1. The first-order valence-corrected chi connectivity index (χ1v) is 9.01. The van der Waals surface area contributed by atoms with Crippen molar-refractivity contribution in [1.29, 1.82) is 0 Å². The van der Waals surface area contributed by atoms with Gasteiger partial charge in [0.1, 0.15) is 0 Å². The highest BCUT2D eigenvalue weighted by Crippen LogP contribution is 2.29. The zero-order chi connectivity index (χ0) is 15.1. The van der Waals surface area contributed by atoms with Crippen LogP contribution in [0.3, 0.4) is 0 Å². The molecule has 1 atom stereocenters. The molecule has 0 aromatic heterocycles. The van der Waals surface area contributed by atoms with Crippen LogP contribution < -0.4 is 5.32 Å². The third-order valence-corrected chi connectivity index (χ3v) is 4.77. The molecule has 1 N–H and O–H groups in total. The third kappa shape index (κ3) is 5.24. The van der Waals surface area contributed by atoms with Gasteiger partial charge in [-0.15, -0.1) is 0 Å². The van der Waals surface area contributed by atoms with Crippen molar-refractivity contribution in [2.24, 2.45) is 0 Å². The van der Waals surface area contributed by atoms with E-state index in [0.29, 0.717) is 6.04 Å². The van der Waals surface area contributed by atoms with E-state index in [1.165, 1.54) is 22.0 Å². The van der Waals surface area contributed by atoms with Crippen molar-refractivity contribution >= 4 is 31.9 Å². The van der Waals surface area contributed by atoms with Crippen LogP contribution in [-0.4, -0.2) is 6.54 Å². The Labute approximate surface area is 144 Å². The molecule has 0 spiro atoms. The molecule has 1 unspecified atom stereocenters. The summed E-state index contributed by atoms with van der Waals surface area (Å²) in [5.74, 6) is 0. The van der Waals surface area contributed by atoms with Gasteiger partial charge in [0, 0.05) is 15.0 Å². The maximum atomic E-state index is 3.68. The van der Waals surface area contributed by atoms with Crippen LogP contribution in [0.25, 0.3) is 0 Å². The second-order valence-electron chi connectivity index (χ2n) is 5.15. The molecule has 3 heteroatoms. The fourth-order valence-electron chi connectivity index (χ4n) is 2.55. The first-order chi connectivity index (χ1) is 10.2. The highest BCUT2D eigenvalue weighted by Gasteiger charge is 2.13. The average Bonchev–Trinajstić information content (AvgIpc) is 2.48. The Balaban J connectivity index is 1.98. The van der Waals surface area contributed by atoms with Crippen molar-refractivity contribution in [3.63, 3.8) is 0 Å². The van der Waals surface area contributed by atoms with Gasteiger partial charge in [0.05, 0.1) is 0 Å². The molecule has 0 radical (unpaired) electrons. The van der Waals surface area contributed by atoms with Crippen LogP contribution in [0.4, 0.5) is 0 Å². The lowest BCUT2D eigenvalue weighted by Gasteiger charge is -2.20. The van der Waals surface area contributed by atoms with Crippen LogP contribution in [0.2, 0.25) is 0 Å². The van der Waals surface area contributed by atoms with Crippen LogP contribution in [0.5, 0.6) is 0 Å². The van der Waals surface area contributed by atoms with Crippen LogP contribution in [0.15, 0.2) is 57.5 Å². The lowest BCUT2D eigenvalue weighted by Crippen LogP contribution is -2.21. The SMILES string of the molecule is CCNC(CCCc1ccccc1)c1ccc(Br)cc1Br. The van der Waals surface area contributed by atoms with Gasteiger partial charge in [-0.2, -0.15) is 0 Å². The average molecular weight is 411 g/mol. The summed E-state index contributed by atoms with van der Waals surface area (Å²) in [7, 11) is 0. The van der Waals surface area contributed by atoms with Gasteiger partial charge in [0.15, 0.2) is 0 Å². The van der Waals surface area contributed by atoms with Gasteiger partial charge in [0.25, 0.3) is 0 Å². The molecule has 112 valence electrons. The zero-order valence-corrected chi connectivity index (χ0v) is 15.5. The molecule has 0 amide bonds. The predicted octanol–water partition coefficient (Wildman–Crippen LogP) is 5.89. The second kappa shape index (κ2) is 8.72. The Kier molecular flexibility index (Phi) is 6.94. The minimum Gasteiger partial charge on any atom is -0.310 e. The quantitative estimate of drug-likeness (QED) is 0.600. The summed E-state index contributed by atoms with van der Waals surface area (Å²) in [6.07, 6.45) is 3.46. The molecule has 0 aliphatic heterocycles. The standard InChI is InChI=1S/C18H21Br2N/c1-2-21-18(16-12-11-15(19)13-17(16)20)10-6-9-14-7-4-3-5-8-14/h3-5,7-8,11-13,18,21H,2,6,9-10H2,1H3. The fourth-order valence-corrected chi connectivity index (χ4v) is 3.88. The van der Waals surface area contributed by atoms with Crippen molar-refractivity contribution in [3.8, 4) is 0 Å². The number of benzene rings is 2. The molecule has 21 heavy (non-hydrogen) atoms. The number of aryl methyl sites for hydroxylation is 1. The Hall–Kier alpha value is -0.640. The molecule has 2 aromatic carbocycles. The number of rotatable bonds is 7. The van der Waals surface area contributed by atoms with Crippen LogP contribution in [-0.2, 0) is 6.42 Å². The Morgan fingerprint density at radius 2 is 1.81 bits per heavy atom. The summed E-state index contributed by atoms with van der Waals surface area (Å²) >= 11 is 7.20. The van der Waals surface area contributed by atoms with E-state index in [-0.39, 0.29) is 0 Å². The molecular weight excluding hydrogens is 390 g/mol. The first kappa shape index (κ1) is 16.7. The molecule has 0 saturated heterocycles. The fraction of sp³-hybridized carbons (Fsp3) is 0.333. The van der Waals surface area contributed by atoms with E-state index in [9.17, 15) is 0 Å². The minimum atomic E-state index is 0.404. The van der Waals surface area contributed by atoms with Gasteiger partial charge < -0.3 is 5.32 Å². The van der Waals surface area contributed by atoms with Crippen molar-refractivity contribution in [2.45, 2.75) is 32.2 Å². The first-order valence-electron chi connectivity index (χ1n) is 7.43. The maximum Gasteiger partial charge on any atom is 0.0331 e. The Morgan fingerprint density at radius 1 is 1.05 bits per heavy atom. The van der Waals surface area contributed by atoms with Gasteiger partial charge in [-0.25, -0.2) is 0 Å². The highest BCUT2D eigenvalue weighted by atomic mass is 79.9. The third-order valence-electron chi connectivity index (χ3n) is 3.59. The van der Waals surface area contributed by atoms with E-state index >= 15 is 0 Å². The lowest BCUT2D eigenvalue weighted by atomic mass is 9.99. The van der Waals surface area contributed by atoms with Gasteiger partial charge in [-0.3, -0.25) is 0 Å². The van der Waals surface area contributed by atoms with E-state index in [2.05, 4.69) is 92.6 Å². The van der Waals surface area contributed by atoms with Gasteiger partial charge >= 0.3 is 0 Å². The van der Waals surface area contributed by atoms with E-state index < -0.39 is 0 Å². The lowest BCUT2D eigenvalue weighted by molar-refractivity contribution is 0.496. The van der Waals surface area contributed by atoms with Crippen molar-refractivity contribution < 1.29 is 0 Å². The summed E-state index contributed by atoms with van der Waals surface area (Å²) in [6.45, 7) is 3.15. The Bertz CT molecular complexity index is 554. The largest absolute Gasteiger partial charge is 0.310 e. The molecule has 0 saturated carbocycles. The normalized spacial score (nSPS) is 12.3. The topological polar surface area (TPSA) is 12.0 Å². The van der Waals surface area contributed by atoms with Crippen LogP contribution >= 0.6 is 31.9 Å². The highest BCUT2D eigenvalue weighted by molar-refractivity contribution is 9.11. The van der Waals surface area contributed by atoms with Crippen molar-refractivity contribution in [1.82, 2.24) is 5.32 Å². The molecule has 0 bridgehead atoms. The van der Waals surface area contributed by atoms with Gasteiger partial charge in [0.2, 0.25) is 0 Å². The van der Waals surface area contributed by atoms with E-state index in [4.69, 9.17) is 0 Å². The Morgan fingerprint density at radius 3 is 2.48 bits per heavy atom. The van der Waals surface area contributed by atoms with E-state index in [1.807, 2.05) is 0 Å². The summed E-state index contributed by atoms with van der Waals surface area (Å²) in [5.41, 5.74) is 2.76. The zero-order valence-electron chi connectivity index (χ0n) is 12.3. The molecule has 1 nitrogen and oxygen atoms in total. The molecule has 0 fully saturated rings. The summed E-state index contributed by atoms with van der Waals surface area (Å²) in [4.78, 5) is 0. The number of halogens is 2. The monoisotopic (exact) mass is 409 g/mol. The van der Waals surface area contributed by atoms with Gasteiger partial charge in [-0.1, -0.05) is 75.2 Å². The van der Waals surface area contributed by atoms with E-state index in [1.54, 1.807) is 0 Å². The minimum absolute atomic E-state index is 0.404. The van der Waals surface area contributed by atoms with Crippen LogP contribution in [0, 0.1) is 0 Å². The van der Waals surface area contributed by atoms with Crippen molar-refractivity contribution in [2.75, 3.05) is 6.54 Å². The van der Waals surface area contributed by atoms with E-state index in [0.717, 1.165) is 23.9 Å². The smallest absolute Gasteiger partial charge is 0.0331 e.